The Morgan fingerprint density at radius 3 is 2.83 bits per heavy atom. The number of rotatable bonds is 2. The van der Waals surface area contributed by atoms with Crippen LogP contribution in [0.2, 0.25) is 0 Å². The van der Waals surface area contributed by atoms with Crippen molar-refractivity contribution in [1.29, 1.82) is 0 Å². The monoisotopic (exact) mass is 396 g/mol. The van der Waals surface area contributed by atoms with Crippen LogP contribution in [0.3, 0.4) is 0 Å². The number of imidazole rings is 1. The van der Waals surface area contributed by atoms with Crippen LogP contribution in [0.5, 0.6) is 0 Å². The van der Waals surface area contributed by atoms with E-state index in [9.17, 15) is 0 Å². The molecule has 148 valence electrons. The lowest BCUT2D eigenvalue weighted by Gasteiger charge is -2.08. The zero-order valence-electron chi connectivity index (χ0n) is 17.0. The Morgan fingerprint density at radius 2 is 2.00 bits per heavy atom. The number of ether oxygens (including phenoxy) is 1. The second kappa shape index (κ2) is 7.25. The SMILES string of the molecule is COCc1nnc2n1Cc1c(C#Cc3cccnc3C)ncn1-c1ccc(C)cc1-2. The van der Waals surface area contributed by atoms with E-state index < -0.39 is 0 Å². The lowest BCUT2D eigenvalue weighted by molar-refractivity contribution is 0.174. The van der Waals surface area contributed by atoms with E-state index in [1.165, 1.54) is 0 Å². The normalized spacial score (nSPS) is 11.7. The molecule has 7 nitrogen and oxygen atoms in total. The summed E-state index contributed by atoms with van der Waals surface area (Å²) < 4.78 is 9.53. The number of hydrogen-bond acceptors (Lipinski definition) is 5. The first kappa shape index (κ1) is 18.3. The van der Waals surface area contributed by atoms with Gasteiger partial charge in [0, 0.05) is 24.4 Å². The molecule has 0 saturated heterocycles. The molecule has 1 aromatic carbocycles. The standard InChI is InChI=1S/C23H20N6O/c1-15-6-9-20-18(11-15)23-27-26-22(13-30-3)28(23)12-21-19(25-14-29(20)21)8-7-17-5-4-10-24-16(17)2/h4-6,9-11,14H,12-13H2,1-3H3. The van der Waals surface area contributed by atoms with Crippen molar-refractivity contribution in [1.82, 2.24) is 29.3 Å². The van der Waals surface area contributed by atoms with Crippen LogP contribution < -0.4 is 0 Å². The first-order chi connectivity index (χ1) is 14.7. The molecule has 1 aliphatic heterocycles. The van der Waals surface area contributed by atoms with Crippen LogP contribution in [-0.4, -0.2) is 36.4 Å². The van der Waals surface area contributed by atoms with Crippen molar-refractivity contribution in [2.24, 2.45) is 0 Å². The third-order valence-electron chi connectivity index (χ3n) is 5.25. The van der Waals surface area contributed by atoms with Crippen LogP contribution in [0, 0.1) is 25.7 Å². The molecule has 4 heterocycles. The zero-order chi connectivity index (χ0) is 20.7. The lowest BCUT2D eigenvalue weighted by Crippen LogP contribution is -2.09. The van der Waals surface area contributed by atoms with Crippen molar-refractivity contribution in [3.63, 3.8) is 0 Å². The van der Waals surface area contributed by atoms with Gasteiger partial charge in [0.15, 0.2) is 11.6 Å². The molecule has 1 aliphatic rings. The molecule has 3 aromatic heterocycles. The molecule has 0 saturated carbocycles. The Morgan fingerprint density at radius 1 is 1.10 bits per heavy atom. The van der Waals surface area contributed by atoms with E-state index in [1.54, 1.807) is 13.3 Å². The van der Waals surface area contributed by atoms with Crippen LogP contribution in [0.15, 0.2) is 42.9 Å². The van der Waals surface area contributed by atoms with Gasteiger partial charge in [-0.05, 0) is 44.0 Å². The van der Waals surface area contributed by atoms with Gasteiger partial charge in [-0.25, -0.2) is 4.98 Å². The fraction of sp³-hybridized carbons (Fsp3) is 0.217. The average Bonchev–Trinajstić information content (AvgIpc) is 3.29. The number of aryl methyl sites for hydroxylation is 2. The summed E-state index contributed by atoms with van der Waals surface area (Å²) in [5.74, 6) is 8.07. The smallest absolute Gasteiger partial charge is 0.166 e. The number of pyridine rings is 1. The van der Waals surface area contributed by atoms with Gasteiger partial charge < -0.3 is 9.30 Å². The number of aromatic nitrogens is 6. The number of benzene rings is 1. The fourth-order valence-electron chi connectivity index (χ4n) is 3.71. The molecule has 0 fully saturated rings. The quantitative estimate of drug-likeness (QED) is 0.429. The van der Waals surface area contributed by atoms with Crippen molar-refractivity contribution in [2.75, 3.05) is 7.11 Å². The molecule has 0 amide bonds. The summed E-state index contributed by atoms with van der Waals surface area (Å²) in [4.78, 5) is 8.93. The molecule has 0 N–H and O–H groups in total. The van der Waals surface area contributed by atoms with Crippen LogP contribution in [0.25, 0.3) is 17.1 Å². The van der Waals surface area contributed by atoms with Gasteiger partial charge in [-0.2, -0.15) is 0 Å². The van der Waals surface area contributed by atoms with Gasteiger partial charge in [0.25, 0.3) is 0 Å². The highest BCUT2D eigenvalue weighted by atomic mass is 16.5. The molecule has 0 bridgehead atoms. The topological polar surface area (TPSA) is 70.7 Å². The van der Waals surface area contributed by atoms with Crippen LogP contribution >= 0.6 is 0 Å². The number of hydrogen-bond donors (Lipinski definition) is 0. The summed E-state index contributed by atoms with van der Waals surface area (Å²) in [7, 11) is 1.66. The first-order valence-corrected chi connectivity index (χ1v) is 9.68. The van der Waals surface area contributed by atoms with Crippen LogP contribution in [-0.2, 0) is 17.9 Å². The molecule has 0 aliphatic carbocycles. The van der Waals surface area contributed by atoms with Gasteiger partial charge in [-0.3, -0.25) is 9.55 Å². The molecule has 0 atom stereocenters. The van der Waals surface area contributed by atoms with Crippen molar-refractivity contribution in [3.05, 3.63) is 76.9 Å². The van der Waals surface area contributed by atoms with Gasteiger partial charge in [0.05, 0.1) is 23.6 Å². The fourth-order valence-corrected chi connectivity index (χ4v) is 3.71. The number of methoxy groups -OCH3 is 1. The predicted octanol–water partition coefficient (Wildman–Crippen LogP) is 3.05. The molecule has 30 heavy (non-hydrogen) atoms. The summed E-state index contributed by atoms with van der Waals surface area (Å²) in [6, 6.07) is 10.2. The Balaban J connectivity index is 1.70. The Labute approximate surface area is 174 Å². The summed E-state index contributed by atoms with van der Waals surface area (Å²) in [6.45, 7) is 4.98. The van der Waals surface area contributed by atoms with E-state index in [2.05, 4.69) is 66.3 Å². The summed E-state index contributed by atoms with van der Waals surface area (Å²) in [5.41, 5.74) is 6.72. The third kappa shape index (κ3) is 2.98. The molecule has 0 radical (unpaired) electrons. The predicted molar refractivity (Wildman–Crippen MR) is 112 cm³/mol. The molecule has 0 spiro atoms. The second-order valence-corrected chi connectivity index (χ2v) is 7.28. The highest BCUT2D eigenvalue weighted by molar-refractivity contribution is 5.70. The van der Waals surface area contributed by atoms with Gasteiger partial charge in [-0.15, -0.1) is 10.2 Å². The number of fused-ring (bicyclic) bond motifs is 5. The van der Waals surface area contributed by atoms with Gasteiger partial charge in [-0.1, -0.05) is 17.6 Å². The second-order valence-electron chi connectivity index (χ2n) is 7.28. The highest BCUT2D eigenvalue weighted by Crippen LogP contribution is 2.33. The Hall–Kier alpha value is -3.76. The molecule has 4 aromatic rings. The maximum atomic E-state index is 5.34. The minimum Gasteiger partial charge on any atom is -0.377 e. The van der Waals surface area contributed by atoms with Crippen molar-refractivity contribution in [2.45, 2.75) is 27.0 Å². The van der Waals surface area contributed by atoms with Crippen molar-refractivity contribution < 1.29 is 4.74 Å². The average molecular weight is 396 g/mol. The van der Waals surface area contributed by atoms with Gasteiger partial charge in [0.1, 0.15) is 18.6 Å². The third-order valence-corrected chi connectivity index (χ3v) is 5.25. The van der Waals surface area contributed by atoms with Crippen LogP contribution in [0.1, 0.15) is 34.0 Å². The van der Waals surface area contributed by atoms with E-state index in [-0.39, 0.29) is 0 Å². The molecular weight excluding hydrogens is 376 g/mol. The minimum absolute atomic E-state index is 0.387. The van der Waals surface area contributed by atoms with Crippen molar-refractivity contribution in [3.8, 4) is 28.9 Å². The Kier molecular flexibility index (Phi) is 4.42. The van der Waals surface area contributed by atoms with E-state index in [4.69, 9.17) is 4.74 Å². The largest absolute Gasteiger partial charge is 0.377 e. The molecule has 5 rings (SSSR count). The van der Waals surface area contributed by atoms with Crippen molar-refractivity contribution >= 4 is 0 Å². The Bertz CT molecular complexity index is 1320. The number of nitrogens with zero attached hydrogens (tertiary/aromatic N) is 6. The zero-order valence-corrected chi connectivity index (χ0v) is 17.0. The molecule has 0 unspecified atom stereocenters. The summed E-state index contributed by atoms with van der Waals surface area (Å²) in [5, 5.41) is 8.83. The van der Waals surface area contributed by atoms with Crippen LogP contribution in [0.4, 0.5) is 0 Å². The molecule has 7 heteroatoms. The lowest BCUT2D eigenvalue weighted by atomic mass is 10.1. The highest BCUT2D eigenvalue weighted by Gasteiger charge is 2.25. The van der Waals surface area contributed by atoms with E-state index in [0.717, 1.165) is 51.1 Å². The van der Waals surface area contributed by atoms with Gasteiger partial charge >= 0.3 is 0 Å². The maximum absolute atomic E-state index is 5.34. The van der Waals surface area contributed by atoms with E-state index in [0.29, 0.717) is 13.2 Å². The summed E-state index contributed by atoms with van der Waals surface area (Å²) in [6.07, 6.45) is 3.60. The van der Waals surface area contributed by atoms with E-state index in [1.807, 2.05) is 25.4 Å². The van der Waals surface area contributed by atoms with E-state index >= 15 is 0 Å². The van der Waals surface area contributed by atoms with Gasteiger partial charge in [0.2, 0.25) is 0 Å². The molecular formula is C23H20N6O. The minimum atomic E-state index is 0.387. The maximum Gasteiger partial charge on any atom is 0.166 e. The first-order valence-electron chi connectivity index (χ1n) is 9.68. The summed E-state index contributed by atoms with van der Waals surface area (Å²) >= 11 is 0.